The van der Waals surface area contributed by atoms with Crippen molar-refractivity contribution in [1.82, 2.24) is 5.32 Å². The minimum atomic E-state index is -0.298. The van der Waals surface area contributed by atoms with Crippen LogP contribution in [0.1, 0.15) is 48.5 Å². The first-order valence-corrected chi connectivity index (χ1v) is 7.51. The van der Waals surface area contributed by atoms with E-state index in [0.29, 0.717) is 22.9 Å². The molecule has 0 spiro atoms. The fraction of sp³-hybridized carbons (Fsp3) is 0.500. The quantitative estimate of drug-likeness (QED) is 0.867. The molecule has 1 aliphatic carbocycles. The summed E-state index contributed by atoms with van der Waals surface area (Å²) in [5.74, 6) is 0.992. The Bertz CT molecular complexity index is 528. The molecule has 3 nitrogen and oxygen atoms in total. The number of alkyl halides is 1. The summed E-state index contributed by atoms with van der Waals surface area (Å²) >= 11 is 6.11. The molecule has 0 heterocycles. The van der Waals surface area contributed by atoms with E-state index >= 15 is 0 Å². The van der Waals surface area contributed by atoms with Crippen LogP contribution < -0.4 is 5.32 Å². The Morgan fingerprint density at radius 3 is 2.80 bits per heavy atom. The molecule has 0 radical (unpaired) electrons. The Morgan fingerprint density at radius 1 is 1.50 bits per heavy atom. The van der Waals surface area contributed by atoms with Crippen LogP contribution in [0.2, 0.25) is 0 Å². The van der Waals surface area contributed by atoms with E-state index in [0.717, 1.165) is 25.7 Å². The monoisotopic (exact) mass is 290 g/mol. The number of halogens is 1. The van der Waals surface area contributed by atoms with Crippen molar-refractivity contribution in [2.75, 3.05) is 5.88 Å². The van der Waals surface area contributed by atoms with Crippen LogP contribution in [0.25, 0.3) is 0 Å². The van der Waals surface area contributed by atoms with Gasteiger partial charge in [0.25, 0.3) is 5.91 Å². The zero-order valence-electron chi connectivity index (χ0n) is 11.7. The lowest BCUT2D eigenvalue weighted by Crippen LogP contribution is -2.52. The van der Waals surface area contributed by atoms with Gasteiger partial charge in [0.1, 0.15) is 0 Å². The normalized spacial score (nSPS) is 25.8. The average Bonchev–Trinajstić information content (AvgIpc) is 2.50. The number of rotatable bonds is 3. The Labute approximate surface area is 124 Å². The van der Waals surface area contributed by atoms with Gasteiger partial charge in [0, 0.05) is 11.4 Å². The molecular weight excluding hydrogens is 272 g/mol. The molecule has 4 heteroatoms. The van der Waals surface area contributed by atoms with E-state index in [2.05, 4.69) is 12.2 Å². The number of nitrogens with one attached hydrogen (secondary N) is 1. The van der Waals surface area contributed by atoms with Gasteiger partial charge >= 0.3 is 0 Å². The van der Waals surface area contributed by atoms with Gasteiger partial charge in [-0.15, -0.1) is 11.6 Å². The number of nitrogens with zero attached hydrogens (tertiary/aromatic N) is 1. The van der Waals surface area contributed by atoms with E-state index in [1.807, 2.05) is 6.07 Å². The highest BCUT2D eigenvalue weighted by Gasteiger charge is 2.35. The van der Waals surface area contributed by atoms with Crippen LogP contribution >= 0.6 is 11.6 Å². The van der Waals surface area contributed by atoms with E-state index in [-0.39, 0.29) is 11.4 Å². The zero-order valence-corrected chi connectivity index (χ0v) is 12.4. The molecule has 0 saturated heterocycles. The van der Waals surface area contributed by atoms with Crippen LogP contribution in [0.4, 0.5) is 0 Å². The number of benzene rings is 1. The maximum absolute atomic E-state index is 12.3. The molecule has 20 heavy (non-hydrogen) atoms. The van der Waals surface area contributed by atoms with Gasteiger partial charge in [0.05, 0.1) is 17.2 Å². The summed E-state index contributed by atoms with van der Waals surface area (Å²) in [7, 11) is 0. The van der Waals surface area contributed by atoms with Crippen molar-refractivity contribution < 1.29 is 4.79 Å². The minimum absolute atomic E-state index is 0.141. The van der Waals surface area contributed by atoms with Crippen molar-refractivity contribution in [2.24, 2.45) is 5.92 Å². The lowest BCUT2D eigenvalue weighted by molar-refractivity contribution is 0.0872. The molecule has 1 N–H and O–H groups in total. The third-order valence-electron chi connectivity index (χ3n) is 4.12. The molecule has 0 aliphatic heterocycles. The summed E-state index contributed by atoms with van der Waals surface area (Å²) in [6, 6.07) is 8.81. The second-order valence-electron chi connectivity index (χ2n) is 5.74. The van der Waals surface area contributed by atoms with E-state index in [4.69, 9.17) is 16.9 Å². The molecule has 0 unspecified atom stereocenters. The summed E-state index contributed by atoms with van der Waals surface area (Å²) in [6.45, 7) is 2.23. The molecular formula is C16H19ClN2O. The highest BCUT2D eigenvalue weighted by molar-refractivity contribution is 6.19. The van der Waals surface area contributed by atoms with E-state index in [1.165, 1.54) is 0 Å². The van der Waals surface area contributed by atoms with Gasteiger partial charge in [0.15, 0.2) is 0 Å². The molecule has 1 fully saturated rings. The molecule has 1 aromatic rings. The third kappa shape index (κ3) is 3.32. The van der Waals surface area contributed by atoms with Gasteiger partial charge in [0.2, 0.25) is 0 Å². The Hall–Kier alpha value is -1.53. The fourth-order valence-electron chi connectivity index (χ4n) is 2.65. The lowest BCUT2D eigenvalue weighted by atomic mass is 9.78. The Kier molecular flexibility index (Phi) is 4.67. The van der Waals surface area contributed by atoms with E-state index in [9.17, 15) is 4.79 Å². The molecule has 0 aromatic heterocycles. The number of hydrogen-bond donors (Lipinski definition) is 1. The van der Waals surface area contributed by atoms with Gasteiger partial charge in [-0.05, 0) is 49.8 Å². The van der Waals surface area contributed by atoms with Gasteiger partial charge in [-0.2, -0.15) is 5.26 Å². The molecule has 106 valence electrons. The minimum Gasteiger partial charge on any atom is -0.345 e. The van der Waals surface area contributed by atoms with E-state index < -0.39 is 0 Å². The summed E-state index contributed by atoms with van der Waals surface area (Å²) in [5, 5.41) is 12.0. The summed E-state index contributed by atoms with van der Waals surface area (Å²) in [5.41, 5.74) is 0.718. The summed E-state index contributed by atoms with van der Waals surface area (Å²) < 4.78 is 0. The van der Waals surface area contributed by atoms with E-state index in [1.54, 1.807) is 24.3 Å². The first kappa shape index (κ1) is 14.9. The summed E-state index contributed by atoms with van der Waals surface area (Å²) in [6.07, 6.45) is 4.01. The fourth-order valence-corrected chi connectivity index (χ4v) is 2.98. The number of hydrogen-bond acceptors (Lipinski definition) is 2. The van der Waals surface area contributed by atoms with Crippen LogP contribution in [0.15, 0.2) is 24.3 Å². The van der Waals surface area contributed by atoms with Crippen LogP contribution in [0.3, 0.4) is 0 Å². The third-order valence-corrected chi connectivity index (χ3v) is 4.63. The maximum atomic E-state index is 12.3. The second-order valence-corrected chi connectivity index (χ2v) is 6.01. The first-order chi connectivity index (χ1) is 9.58. The van der Waals surface area contributed by atoms with Crippen molar-refractivity contribution in [3.05, 3.63) is 35.4 Å². The first-order valence-electron chi connectivity index (χ1n) is 6.97. The molecule has 2 rings (SSSR count). The van der Waals surface area contributed by atoms with Crippen molar-refractivity contribution in [2.45, 2.75) is 38.1 Å². The molecule has 1 saturated carbocycles. The van der Waals surface area contributed by atoms with Crippen molar-refractivity contribution >= 4 is 17.5 Å². The average molecular weight is 291 g/mol. The van der Waals surface area contributed by atoms with Gasteiger partial charge in [-0.25, -0.2) is 0 Å². The maximum Gasteiger partial charge on any atom is 0.251 e. The van der Waals surface area contributed by atoms with Crippen LogP contribution in [-0.4, -0.2) is 17.3 Å². The number of nitriles is 1. The molecule has 0 bridgehead atoms. The van der Waals surface area contributed by atoms with Crippen molar-refractivity contribution in [1.29, 1.82) is 5.26 Å². The summed E-state index contributed by atoms with van der Waals surface area (Å²) in [4.78, 5) is 12.3. The second kappa shape index (κ2) is 6.28. The smallest absolute Gasteiger partial charge is 0.251 e. The Morgan fingerprint density at radius 2 is 2.20 bits per heavy atom. The van der Waals surface area contributed by atoms with Crippen LogP contribution in [0, 0.1) is 17.2 Å². The Balaban J connectivity index is 2.11. The predicted molar refractivity (Wildman–Crippen MR) is 79.7 cm³/mol. The zero-order chi connectivity index (χ0) is 14.6. The van der Waals surface area contributed by atoms with Crippen molar-refractivity contribution in [3.63, 3.8) is 0 Å². The number of carbonyl (C=O) groups excluding carboxylic acids is 1. The van der Waals surface area contributed by atoms with Crippen LogP contribution in [0.5, 0.6) is 0 Å². The largest absolute Gasteiger partial charge is 0.345 e. The molecule has 1 amide bonds. The number of amides is 1. The number of carbonyl (C=O) groups is 1. The molecule has 1 aromatic carbocycles. The topological polar surface area (TPSA) is 52.9 Å². The van der Waals surface area contributed by atoms with Gasteiger partial charge in [-0.3, -0.25) is 4.79 Å². The molecule has 0 atom stereocenters. The van der Waals surface area contributed by atoms with Gasteiger partial charge in [-0.1, -0.05) is 13.0 Å². The standard InChI is InChI=1S/C16H19ClN2O/c1-12-5-7-16(11-17,8-6-12)19-15(20)14-4-2-3-13(9-14)10-18/h2-4,9,12H,5-8,11H2,1H3,(H,19,20). The van der Waals surface area contributed by atoms with Crippen molar-refractivity contribution in [3.8, 4) is 6.07 Å². The van der Waals surface area contributed by atoms with Crippen LogP contribution in [-0.2, 0) is 0 Å². The SMILES string of the molecule is CC1CCC(CCl)(NC(=O)c2cccc(C#N)c2)CC1. The molecule has 1 aliphatic rings. The highest BCUT2D eigenvalue weighted by atomic mass is 35.5. The van der Waals surface area contributed by atoms with Gasteiger partial charge < -0.3 is 5.32 Å². The predicted octanol–water partition coefficient (Wildman–Crippen LogP) is 3.48. The lowest BCUT2D eigenvalue weighted by Gasteiger charge is -2.38. The highest BCUT2D eigenvalue weighted by Crippen LogP contribution is 2.33.